The first-order valence-corrected chi connectivity index (χ1v) is 31.3. The Hall–Kier alpha value is -2.80. The largest absolute Gasteiger partial charge is 0.479 e. The van der Waals surface area contributed by atoms with E-state index in [1.165, 1.54) is 167 Å². The molecule has 0 amide bonds. The van der Waals surface area contributed by atoms with Crippen molar-refractivity contribution in [2.75, 3.05) is 13.2 Å². The predicted octanol–water partition coefficient (Wildman–Crippen LogP) is 16.2. The van der Waals surface area contributed by atoms with Gasteiger partial charge in [-0.25, -0.2) is 4.79 Å². The number of ether oxygens (including phenoxy) is 5. The molecule has 0 bridgehead atoms. The molecule has 6 unspecified atom stereocenters. The molecule has 1 rings (SSSR count). The lowest BCUT2D eigenvalue weighted by molar-refractivity contribution is -0.301. The van der Waals surface area contributed by atoms with Crippen LogP contribution in [0.3, 0.4) is 0 Å². The van der Waals surface area contributed by atoms with Crippen molar-refractivity contribution in [1.29, 1.82) is 0 Å². The van der Waals surface area contributed by atoms with Gasteiger partial charge in [0.05, 0.1) is 6.61 Å². The number of hydrogen-bond donors (Lipinski definition) is 3. The molecule has 12 heteroatoms. The first kappa shape index (κ1) is 70.2. The molecule has 1 aliphatic rings. The highest BCUT2D eigenvalue weighted by molar-refractivity contribution is 5.74. The molecule has 0 radical (unpaired) electrons. The molecule has 1 heterocycles. The summed E-state index contributed by atoms with van der Waals surface area (Å²) >= 11 is 0. The van der Waals surface area contributed by atoms with Gasteiger partial charge in [0.25, 0.3) is 0 Å². The van der Waals surface area contributed by atoms with Gasteiger partial charge in [-0.3, -0.25) is 14.4 Å². The van der Waals surface area contributed by atoms with E-state index in [1.807, 2.05) is 0 Å². The molecule has 75 heavy (non-hydrogen) atoms. The van der Waals surface area contributed by atoms with E-state index in [2.05, 4.69) is 45.1 Å². The number of unbranched alkanes of at least 4 members (excludes halogenated alkanes) is 36. The number of rotatable bonds is 54. The Bertz CT molecular complexity index is 1400. The van der Waals surface area contributed by atoms with Crippen molar-refractivity contribution >= 4 is 23.9 Å². The van der Waals surface area contributed by atoms with Gasteiger partial charge >= 0.3 is 23.9 Å². The average Bonchev–Trinajstić information content (AvgIpc) is 3.39. The zero-order chi connectivity index (χ0) is 54.7. The van der Waals surface area contributed by atoms with Crippen molar-refractivity contribution in [1.82, 2.24) is 0 Å². The van der Waals surface area contributed by atoms with Gasteiger partial charge in [0.15, 0.2) is 24.6 Å². The van der Waals surface area contributed by atoms with Crippen molar-refractivity contribution in [3.63, 3.8) is 0 Å². The van der Waals surface area contributed by atoms with E-state index in [0.717, 1.165) is 77.0 Å². The van der Waals surface area contributed by atoms with E-state index in [9.17, 15) is 34.5 Å². The summed E-state index contributed by atoms with van der Waals surface area (Å²) in [7, 11) is 0. The first-order valence-electron chi connectivity index (χ1n) is 31.3. The summed E-state index contributed by atoms with van der Waals surface area (Å²) in [4.78, 5) is 51.1. The maximum absolute atomic E-state index is 13.1. The Morgan fingerprint density at radius 3 is 1.23 bits per heavy atom. The Balaban J connectivity index is 2.62. The number of carbonyl (C=O) groups excluding carboxylic acids is 3. The first-order chi connectivity index (χ1) is 36.6. The third-order valence-electron chi connectivity index (χ3n) is 14.5. The quantitative estimate of drug-likeness (QED) is 0.0228. The molecule has 1 aliphatic heterocycles. The van der Waals surface area contributed by atoms with E-state index < -0.39 is 67.3 Å². The maximum atomic E-state index is 13.1. The summed E-state index contributed by atoms with van der Waals surface area (Å²) in [5.74, 6) is -3.09. The highest BCUT2D eigenvalue weighted by atomic mass is 16.7. The van der Waals surface area contributed by atoms with Gasteiger partial charge in [-0.05, 0) is 51.4 Å². The summed E-state index contributed by atoms with van der Waals surface area (Å²) in [6, 6.07) is 0. The van der Waals surface area contributed by atoms with Crippen LogP contribution in [-0.4, -0.2) is 89.2 Å². The molecule has 12 nitrogen and oxygen atoms in total. The SMILES string of the molecule is CCCCC/C=C\C/C=C\CCCCCCCCCCCC(=O)OC1C(OCC(COC(=O)CCCCCCCCCCCCCCCCC)OC(=O)CCCCCCCCCCCCC)OC(C(=O)O)C(O)C1O. The standard InChI is InChI=1S/C63H114O12/c1-4-7-10-13-16-19-22-24-26-27-28-29-31-33-36-39-42-45-48-51-57(66)74-61-59(68)58(67)60(62(69)70)75-63(61)72-53-54(73-56(65)50-47-44-41-38-34-21-18-15-12-9-6-3)52-71-55(64)49-46-43-40-37-35-32-30-25-23-20-17-14-11-8-5-2/h16,19,24,26,54,58-61,63,67-68H,4-15,17-18,20-23,25,27-53H2,1-3H3,(H,69,70)/b19-16-,26-24-. The minimum absolute atomic E-state index is 0.0607. The number of carboxylic acid groups (broad SMARTS) is 1. The number of carboxylic acids is 1. The minimum atomic E-state index is -1.90. The lowest BCUT2D eigenvalue weighted by atomic mass is 9.98. The number of allylic oxidation sites excluding steroid dienone is 4. The topological polar surface area (TPSA) is 175 Å². The van der Waals surface area contributed by atoms with Gasteiger partial charge in [-0.1, -0.05) is 257 Å². The molecule has 1 saturated heterocycles. The number of esters is 3. The monoisotopic (exact) mass is 1060 g/mol. The van der Waals surface area contributed by atoms with Crippen LogP contribution in [0.15, 0.2) is 24.3 Å². The number of aliphatic hydroxyl groups is 2. The molecular weight excluding hydrogens is 949 g/mol. The molecule has 6 atom stereocenters. The van der Waals surface area contributed by atoms with Crippen molar-refractivity contribution < 1.29 is 58.2 Å². The fourth-order valence-electron chi connectivity index (χ4n) is 9.69. The number of hydrogen-bond acceptors (Lipinski definition) is 11. The molecular formula is C63H114O12. The second-order valence-electron chi connectivity index (χ2n) is 21.7. The van der Waals surface area contributed by atoms with Gasteiger partial charge < -0.3 is 39.0 Å². The Kier molecular flexibility index (Phi) is 48.6. The second-order valence-corrected chi connectivity index (χ2v) is 21.7. The lowest BCUT2D eigenvalue weighted by Crippen LogP contribution is -2.61. The third-order valence-corrected chi connectivity index (χ3v) is 14.5. The Labute approximate surface area is 458 Å². The smallest absolute Gasteiger partial charge is 0.335 e. The van der Waals surface area contributed by atoms with Crippen LogP contribution in [0, 0.1) is 0 Å². The summed E-state index contributed by atoms with van der Waals surface area (Å²) in [6.07, 6.45) is 47.1. The maximum Gasteiger partial charge on any atom is 0.335 e. The van der Waals surface area contributed by atoms with Gasteiger partial charge in [0.2, 0.25) is 0 Å². The number of aliphatic carboxylic acids is 1. The Morgan fingerprint density at radius 2 is 0.800 bits per heavy atom. The van der Waals surface area contributed by atoms with E-state index in [0.29, 0.717) is 19.3 Å². The zero-order valence-corrected chi connectivity index (χ0v) is 48.3. The van der Waals surface area contributed by atoms with Crippen molar-refractivity contribution in [2.45, 2.75) is 340 Å². The van der Waals surface area contributed by atoms with E-state index in [4.69, 9.17) is 23.7 Å². The highest BCUT2D eigenvalue weighted by Gasteiger charge is 2.50. The zero-order valence-electron chi connectivity index (χ0n) is 48.3. The molecule has 0 aromatic heterocycles. The molecule has 0 aliphatic carbocycles. The van der Waals surface area contributed by atoms with Gasteiger partial charge in [-0.15, -0.1) is 0 Å². The second kappa shape index (κ2) is 51.9. The van der Waals surface area contributed by atoms with E-state index in [1.54, 1.807) is 0 Å². The number of aliphatic hydroxyl groups excluding tert-OH is 2. The highest BCUT2D eigenvalue weighted by Crippen LogP contribution is 2.27. The van der Waals surface area contributed by atoms with Crippen LogP contribution in [0.25, 0.3) is 0 Å². The summed E-state index contributed by atoms with van der Waals surface area (Å²) in [5.41, 5.74) is 0. The fourth-order valence-corrected chi connectivity index (χ4v) is 9.69. The minimum Gasteiger partial charge on any atom is -0.479 e. The predicted molar refractivity (Wildman–Crippen MR) is 303 cm³/mol. The summed E-state index contributed by atoms with van der Waals surface area (Å²) in [5, 5.41) is 31.5. The molecule has 0 aromatic rings. The van der Waals surface area contributed by atoms with Crippen LogP contribution >= 0.6 is 0 Å². The van der Waals surface area contributed by atoms with Crippen LogP contribution in [-0.2, 0) is 42.9 Å². The number of carbonyl (C=O) groups is 4. The Morgan fingerprint density at radius 1 is 0.440 bits per heavy atom. The van der Waals surface area contributed by atoms with Crippen molar-refractivity contribution in [2.24, 2.45) is 0 Å². The van der Waals surface area contributed by atoms with Crippen LogP contribution in [0.1, 0.15) is 303 Å². The van der Waals surface area contributed by atoms with Crippen molar-refractivity contribution in [3.8, 4) is 0 Å². The van der Waals surface area contributed by atoms with Gasteiger partial charge in [0, 0.05) is 19.3 Å². The molecule has 0 aromatic carbocycles. The molecule has 0 saturated carbocycles. The normalized spacial score (nSPS) is 18.2. The fraction of sp³-hybridized carbons (Fsp3) is 0.873. The van der Waals surface area contributed by atoms with Gasteiger partial charge in [0.1, 0.15) is 18.8 Å². The van der Waals surface area contributed by atoms with E-state index in [-0.39, 0.29) is 25.9 Å². The summed E-state index contributed by atoms with van der Waals surface area (Å²) < 4.78 is 28.5. The van der Waals surface area contributed by atoms with Crippen molar-refractivity contribution in [3.05, 3.63) is 24.3 Å². The van der Waals surface area contributed by atoms with Crippen LogP contribution in [0.2, 0.25) is 0 Å². The molecule has 1 fully saturated rings. The average molecular weight is 1060 g/mol. The molecule has 438 valence electrons. The van der Waals surface area contributed by atoms with Crippen LogP contribution in [0.4, 0.5) is 0 Å². The molecule has 0 spiro atoms. The molecule has 3 N–H and O–H groups in total. The van der Waals surface area contributed by atoms with Crippen LogP contribution < -0.4 is 0 Å². The van der Waals surface area contributed by atoms with E-state index >= 15 is 0 Å². The third kappa shape index (κ3) is 41.9. The van der Waals surface area contributed by atoms with Gasteiger partial charge in [-0.2, -0.15) is 0 Å². The summed E-state index contributed by atoms with van der Waals surface area (Å²) in [6.45, 7) is 6.00. The van der Waals surface area contributed by atoms with Crippen LogP contribution in [0.5, 0.6) is 0 Å². The lowest BCUT2D eigenvalue weighted by Gasteiger charge is -2.40.